The zero-order valence-electron chi connectivity index (χ0n) is 13.8. The number of rotatable bonds is 6. The molecule has 0 aliphatic rings. The second kappa shape index (κ2) is 7.13. The monoisotopic (exact) mass is 318 g/mol. The van der Waals surface area contributed by atoms with Gasteiger partial charge in [0.2, 0.25) is 5.91 Å². The van der Waals surface area contributed by atoms with E-state index in [1.54, 1.807) is 7.11 Å². The van der Waals surface area contributed by atoms with E-state index < -0.39 is 0 Å². The van der Waals surface area contributed by atoms with Crippen LogP contribution in [0.5, 0.6) is 11.5 Å². The van der Waals surface area contributed by atoms with Crippen LogP contribution < -0.4 is 14.8 Å². The Morgan fingerprint density at radius 3 is 2.48 bits per heavy atom. The highest BCUT2D eigenvalue weighted by atomic mass is 16.5. The summed E-state index contributed by atoms with van der Waals surface area (Å²) in [6.07, 6.45) is 0.135. The molecular weight excluding hydrogens is 296 g/mol. The van der Waals surface area contributed by atoms with Gasteiger partial charge in [-0.3, -0.25) is 9.89 Å². The summed E-state index contributed by atoms with van der Waals surface area (Å²) in [5.41, 5.74) is -0.270. The number of benzene rings is 1. The Morgan fingerprint density at radius 2 is 1.87 bits per heavy atom. The van der Waals surface area contributed by atoms with Crippen LogP contribution in [0.1, 0.15) is 32.4 Å². The predicted octanol–water partition coefficient (Wildman–Crippen LogP) is 1.85. The highest BCUT2D eigenvalue weighted by molar-refractivity contribution is 5.78. The van der Waals surface area contributed by atoms with Gasteiger partial charge in [-0.15, -0.1) is 0 Å². The summed E-state index contributed by atoms with van der Waals surface area (Å²) in [6.45, 7) is 6.03. The number of ether oxygens (including phenoxy) is 2. The molecule has 0 spiro atoms. The second-order valence-electron chi connectivity index (χ2n) is 6.14. The topological polar surface area (TPSA) is 89.1 Å². The highest BCUT2D eigenvalue weighted by Crippen LogP contribution is 2.17. The van der Waals surface area contributed by atoms with Crippen LogP contribution in [0.3, 0.4) is 0 Å². The first kappa shape index (κ1) is 16.8. The van der Waals surface area contributed by atoms with Gasteiger partial charge in [-0.25, -0.2) is 4.98 Å². The molecule has 0 aliphatic carbocycles. The molecule has 0 atom stereocenters. The lowest BCUT2D eigenvalue weighted by Crippen LogP contribution is -2.41. The Kier molecular flexibility index (Phi) is 5.20. The SMILES string of the molecule is COc1ccc(OCc2nc(CC(=O)NC(C)(C)C)n[nH]2)cc1. The van der Waals surface area contributed by atoms with Crippen molar-refractivity contribution in [3.8, 4) is 11.5 Å². The minimum atomic E-state index is -0.270. The number of amides is 1. The molecule has 2 aromatic rings. The van der Waals surface area contributed by atoms with Crippen molar-refractivity contribution in [2.75, 3.05) is 7.11 Å². The summed E-state index contributed by atoms with van der Waals surface area (Å²) in [4.78, 5) is 16.1. The first-order valence-electron chi connectivity index (χ1n) is 7.34. The highest BCUT2D eigenvalue weighted by Gasteiger charge is 2.16. The van der Waals surface area contributed by atoms with Crippen molar-refractivity contribution < 1.29 is 14.3 Å². The Labute approximate surface area is 135 Å². The van der Waals surface area contributed by atoms with Crippen LogP contribution in [0, 0.1) is 0 Å². The van der Waals surface area contributed by atoms with Crippen molar-refractivity contribution in [3.05, 3.63) is 35.9 Å². The standard InChI is InChI=1S/C16H22N4O3/c1-16(2,3)18-15(21)9-13-17-14(20-19-13)10-23-12-7-5-11(22-4)6-8-12/h5-8H,9-10H2,1-4H3,(H,18,21)(H,17,19,20). The Morgan fingerprint density at radius 1 is 1.22 bits per heavy atom. The van der Waals surface area contributed by atoms with Gasteiger partial charge >= 0.3 is 0 Å². The largest absolute Gasteiger partial charge is 0.497 e. The normalized spacial score (nSPS) is 11.1. The smallest absolute Gasteiger partial charge is 0.228 e. The lowest BCUT2D eigenvalue weighted by atomic mass is 10.1. The van der Waals surface area contributed by atoms with Crippen LogP contribution >= 0.6 is 0 Å². The maximum absolute atomic E-state index is 11.8. The molecule has 1 heterocycles. The fraction of sp³-hybridized carbons (Fsp3) is 0.438. The third-order valence-corrected chi connectivity index (χ3v) is 2.85. The molecule has 0 radical (unpaired) electrons. The van der Waals surface area contributed by atoms with Gasteiger partial charge in [-0.1, -0.05) is 0 Å². The van der Waals surface area contributed by atoms with E-state index in [-0.39, 0.29) is 24.5 Å². The lowest BCUT2D eigenvalue weighted by molar-refractivity contribution is -0.121. The minimum absolute atomic E-state index is 0.112. The predicted molar refractivity (Wildman–Crippen MR) is 85.3 cm³/mol. The molecule has 0 fully saturated rings. The maximum atomic E-state index is 11.8. The molecule has 23 heavy (non-hydrogen) atoms. The number of hydrogen-bond donors (Lipinski definition) is 2. The molecule has 2 rings (SSSR count). The van der Waals surface area contributed by atoms with Gasteiger partial charge in [0.15, 0.2) is 11.6 Å². The molecule has 0 unspecified atom stereocenters. The van der Waals surface area contributed by atoms with Gasteiger partial charge in [0, 0.05) is 5.54 Å². The number of carbonyl (C=O) groups is 1. The summed E-state index contributed by atoms with van der Waals surface area (Å²) in [5, 5.41) is 9.67. The van der Waals surface area contributed by atoms with Crippen molar-refractivity contribution in [3.63, 3.8) is 0 Å². The van der Waals surface area contributed by atoms with Crippen molar-refractivity contribution in [1.82, 2.24) is 20.5 Å². The van der Waals surface area contributed by atoms with Gasteiger partial charge < -0.3 is 14.8 Å². The number of methoxy groups -OCH3 is 1. The number of nitrogens with zero attached hydrogens (tertiary/aromatic N) is 2. The van der Waals surface area contributed by atoms with E-state index >= 15 is 0 Å². The van der Waals surface area contributed by atoms with Gasteiger partial charge in [0.25, 0.3) is 0 Å². The summed E-state index contributed by atoms with van der Waals surface area (Å²) in [7, 11) is 1.61. The molecule has 1 aromatic carbocycles. The Balaban J connectivity index is 1.85. The van der Waals surface area contributed by atoms with Crippen molar-refractivity contribution in [1.29, 1.82) is 0 Å². The van der Waals surface area contributed by atoms with Crippen LogP contribution in [-0.4, -0.2) is 33.7 Å². The molecule has 1 amide bonds. The number of nitrogens with one attached hydrogen (secondary N) is 2. The second-order valence-corrected chi connectivity index (χ2v) is 6.14. The number of carbonyl (C=O) groups excluding carboxylic acids is 1. The average molecular weight is 318 g/mol. The number of H-pyrrole nitrogens is 1. The summed E-state index contributed by atoms with van der Waals surface area (Å²) < 4.78 is 10.7. The van der Waals surface area contributed by atoms with Crippen molar-refractivity contribution in [2.45, 2.75) is 39.3 Å². The summed E-state index contributed by atoms with van der Waals surface area (Å²) >= 11 is 0. The molecule has 124 valence electrons. The number of aromatic nitrogens is 3. The zero-order valence-corrected chi connectivity index (χ0v) is 13.8. The molecule has 0 aliphatic heterocycles. The van der Waals surface area contributed by atoms with Crippen molar-refractivity contribution in [2.24, 2.45) is 0 Å². The Bertz CT molecular complexity index is 644. The third kappa shape index (κ3) is 5.61. The molecule has 0 saturated heterocycles. The maximum Gasteiger partial charge on any atom is 0.228 e. The summed E-state index contributed by atoms with van der Waals surface area (Å²) in [6, 6.07) is 7.26. The number of hydrogen-bond acceptors (Lipinski definition) is 5. The molecule has 0 bridgehead atoms. The van der Waals surface area contributed by atoms with E-state index in [1.165, 1.54) is 0 Å². The molecule has 0 saturated carbocycles. The van der Waals surface area contributed by atoms with Gasteiger partial charge in [0.05, 0.1) is 13.5 Å². The third-order valence-electron chi connectivity index (χ3n) is 2.85. The van der Waals surface area contributed by atoms with Crippen LogP contribution in [0.25, 0.3) is 0 Å². The van der Waals surface area contributed by atoms with Crippen LogP contribution in [0.2, 0.25) is 0 Å². The minimum Gasteiger partial charge on any atom is -0.497 e. The lowest BCUT2D eigenvalue weighted by Gasteiger charge is -2.19. The Hall–Kier alpha value is -2.57. The molecule has 1 aromatic heterocycles. The van der Waals surface area contributed by atoms with Crippen LogP contribution in [0.15, 0.2) is 24.3 Å². The van der Waals surface area contributed by atoms with Gasteiger partial charge in [-0.2, -0.15) is 5.10 Å². The first-order valence-corrected chi connectivity index (χ1v) is 7.34. The molecule has 7 heteroatoms. The van der Waals surface area contributed by atoms with Crippen LogP contribution in [0.4, 0.5) is 0 Å². The zero-order chi connectivity index (χ0) is 16.9. The molecule has 2 N–H and O–H groups in total. The van der Waals surface area contributed by atoms with E-state index in [0.717, 1.165) is 5.75 Å². The summed E-state index contributed by atoms with van der Waals surface area (Å²) in [5.74, 6) is 2.37. The van der Waals surface area contributed by atoms with E-state index in [2.05, 4.69) is 20.5 Å². The van der Waals surface area contributed by atoms with E-state index in [1.807, 2.05) is 45.0 Å². The van der Waals surface area contributed by atoms with Crippen LogP contribution in [-0.2, 0) is 17.8 Å². The quantitative estimate of drug-likeness (QED) is 0.848. The van der Waals surface area contributed by atoms with Crippen molar-refractivity contribution >= 4 is 5.91 Å². The van der Waals surface area contributed by atoms with Gasteiger partial charge in [0.1, 0.15) is 18.1 Å². The van der Waals surface area contributed by atoms with Gasteiger partial charge in [-0.05, 0) is 45.0 Å². The van der Waals surface area contributed by atoms with E-state index in [4.69, 9.17) is 9.47 Å². The van der Waals surface area contributed by atoms with E-state index in [9.17, 15) is 4.79 Å². The first-order chi connectivity index (χ1) is 10.9. The number of aromatic amines is 1. The van der Waals surface area contributed by atoms with E-state index in [0.29, 0.717) is 17.4 Å². The molecule has 7 nitrogen and oxygen atoms in total. The average Bonchev–Trinajstić information content (AvgIpc) is 2.91. The fourth-order valence-electron chi connectivity index (χ4n) is 1.91. The molecular formula is C16H22N4O3. The fourth-order valence-corrected chi connectivity index (χ4v) is 1.91.